The van der Waals surface area contributed by atoms with Gasteiger partial charge < -0.3 is 19.3 Å². The van der Waals surface area contributed by atoms with Gasteiger partial charge in [-0.25, -0.2) is 0 Å². The molecule has 1 N–H and O–H groups in total. The molecule has 18 heavy (non-hydrogen) atoms. The van der Waals surface area contributed by atoms with E-state index in [0.29, 0.717) is 17.2 Å². The van der Waals surface area contributed by atoms with E-state index in [1.807, 2.05) is 6.07 Å². The number of rotatable bonds is 3. The predicted molar refractivity (Wildman–Crippen MR) is 68.6 cm³/mol. The lowest BCUT2D eigenvalue weighted by atomic mass is 9.98. The Balaban J connectivity index is 2.64. The average molecular weight is 252 g/mol. The smallest absolute Gasteiger partial charge is 0.203 e. The third kappa shape index (κ3) is 2.12. The van der Waals surface area contributed by atoms with Crippen LogP contribution in [-0.2, 0) is 6.42 Å². The van der Waals surface area contributed by atoms with Gasteiger partial charge in [0.1, 0.15) is 0 Å². The molecule has 0 saturated carbocycles. The van der Waals surface area contributed by atoms with Gasteiger partial charge in [0.15, 0.2) is 11.5 Å². The van der Waals surface area contributed by atoms with E-state index in [4.69, 9.17) is 14.2 Å². The van der Waals surface area contributed by atoms with Crippen LogP contribution in [0.5, 0.6) is 17.2 Å². The summed E-state index contributed by atoms with van der Waals surface area (Å²) in [5, 5.41) is 10.2. The molecule has 2 rings (SSSR count). The van der Waals surface area contributed by atoms with E-state index < -0.39 is 6.10 Å². The van der Waals surface area contributed by atoms with Crippen LogP contribution in [0, 0.1) is 0 Å². The molecule has 4 nitrogen and oxygen atoms in total. The molecule has 0 fully saturated rings. The number of aliphatic hydroxyl groups is 1. The highest BCUT2D eigenvalue weighted by Gasteiger charge is 2.25. The molecule has 4 heteroatoms. The maximum Gasteiger partial charge on any atom is 0.203 e. The van der Waals surface area contributed by atoms with E-state index in [2.05, 4.69) is 0 Å². The second kappa shape index (κ2) is 5.48. The third-order valence-corrected chi connectivity index (χ3v) is 3.48. The van der Waals surface area contributed by atoms with Gasteiger partial charge >= 0.3 is 0 Å². The van der Waals surface area contributed by atoms with Crippen LogP contribution in [0.3, 0.4) is 0 Å². The topological polar surface area (TPSA) is 47.9 Å². The monoisotopic (exact) mass is 252 g/mol. The zero-order valence-electron chi connectivity index (χ0n) is 11.2. The quantitative estimate of drug-likeness (QED) is 0.839. The van der Waals surface area contributed by atoms with Crippen molar-refractivity contribution in [3.63, 3.8) is 0 Å². The fourth-order valence-electron chi connectivity index (χ4n) is 2.58. The normalized spacial score (nSPS) is 18.8. The average Bonchev–Trinajstić information content (AvgIpc) is 2.58. The van der Waals surface area contributed by atoms with E-state index in [0.717, 1.165) is 36.8 Å². The highest BCUT2D eigenvalue weighted by molar-refractivity contribution is 5.60. The van der Waals surface area contributed by atoms with Crippen LogP contribution in [0.4, 0.5) is 0 Å². The molecular formula is C14H20O4. The molecule has 0 heterocycles. The Kier molecular flexibility index (Phi) is 3.97. The number of methoxy groups -OCH3 is 3. The highest BCUT2D eigenvalue weighted by atomic mass is 16.5. The Bertz CT molecular complexity index is 428. The molecule has 0 bridgehead atoms. The second-order valence-corrected chi connectivity index (χ2v) is 4.47. The van der Waals surface area contributed by atoms with Crippen LogP contribution in [0.25, 0.3) is 0 Å². The van der Waals surface area contributed by atoms with Gasteiger partial charge in [-0.2, -0.15) is 0 Å². The van der Waals surface area contributed by atoms with Crippen LogP contribution < -0.4 is 14.2 Å². The molecule has 1 atom stereocenters. The van der Waals surface area contributed by atoms with Crippen LogP contribution in [0.15, 0.2) is 6.07 Å². The molecule has 0 aliphatic heterocycles. The van der Waals surface area contributed by atoms with E-state index >= 15 is 0 Å². The van der Waals surface area contributed by atoms with Gasteiger partial charge in [-0.05, 0) is 30.9 Å². The Morgan fingerprint density at radius 2 is 1.78 bits per heavy atom. The van der Waals surface area contributed by atoms with Crippen molar-refractivity contribution in [3.05, 3.63) is 17.2 Å². The second-order valence-electron chi connectivity index (χ2n) is 4.47. The lowest BCUT2D eigenvalue weighted by Crippen LogP contribution is -2.05. The van der Waals surface area contributed by atoms with Crippen LogP contribution in [-0.4, -0.2) is 26.4 Å². The summed E-state index contributed by atoms with van der Waals surface area (Å²) < 4.78 is 16.2. The molecule has 0 aromatic heterocycles. The molecule has 1 aromatic carbocycles. The van der Waals surface area contributed by atoms with E-state index in [9.17, 15) is 5.11 Å². The number of benzene rings is 1. The summed E-state index contributed by atoms with van der Waals surface area (Å²) in [4.78, 5) is 0. The standard InChI is InChI=1S/C14H20O4/c1-16-12-8-10-9(6-4-5-7-11(10)15)13(17-2)14(12)18-3/h8,11,15H,4-7H2,1-3H3. The van der Waals surface area contributed by atoms with Crippen molar-refractivity contribution in [3.8, 4) is 17.2 Å². The molecule has 0 saturated heterocycles. The number of fused-ring (bicyclic) bond motifs is 1. The zero-order chi connectivity index (χ0) is 13.1. The molecular weight excluding hydrogens is 232 g/mol. The predicted octanol–water partition coefficient (Wildman–Crippen LogP) is 2.47. The van der Waals surface area contributed by atoms with Crippen LogP contribution >= 0.6 is 0 Å². The summed E-state index contributed by atoms with van der Waals surface area (Å²) in [7, 11) is 4.81. The van der Waals surface area contributed by atoms with Gasteiger partial charge in [0.05, 0.1) is 27.4 Å². The summed E-state index contributed by atoms with van der Waals surface area (Å²) >= 11 is 0. The number of ether oxygens (including phenoxy) is 3. The van der Waals surface area contributed by atoms with Crippen molar-refractivity contribution < 1.29 is 19.3 Å². The van der Waals surface area contributed by atoms with Gasteiger partial charge in [-0.3, -0.25) is 0 Å². The summed E-state index contributed by atoms with van der Waals surface area (Å²) in [6, 6.07) is 1.87. The first-order valence-corrected chi connectivity index (χ1v) is 6.22. The van der Waals surface area contributed by atoms with Crippen molar-refractivity contribution in [2.24, 2.45) is 0 Å². The molecule has 0 radical (unpaired) electrons. The molecule has 1 aliphatic rings. The van der Waals surface area contributed by atoms with Gasteiger partial charge in [-0.1, -0.05) is 6.42 Å². The van der Waals surface area contributed by atoms with Crippen LogP contribution in [0.2, 0.25) is 0 Å². The van der Waals surface area contributed by atoms with Gasteiger partial charge in [0.25, 0.3) is 0 Å². The zero-order valence-corrected chi connectivity index (χ0v) is 11.2. The Morgan fingerprint density at radius 1 is 1.06 bits per heavy atom. The van der Waals surface area contributed by atoms with Crippen molar-refractivity contribution in [2.45, 2.75) is 31.8 Å². The minimum atomic E-state index is -0.448. The fraction of sp³-hybridized carbons (Fsp3) is 0.571. The van der Waals surface area contributed by atoms with E-state index in [-0.39, 0.29) is 0 Å². The fourth-order valence-corrected chi connectivity index (χ4v) is 2.58. The molecule has 0 amide bonds. The minimum Gasteiger partial charge on any atom is -0.493 e. The Hall–Kier alpha value is -1.42. The first kappa shape index (κ1) is 13.0. The third-order valence-electron chi connectivity index (χ3n) is 3.48. The number of hydrogen-bond donors (Lipinski definition) is 1. The summed E-state index contributed by atoms with van der Waals surface area (Å²) in [5.74, 6) is 1.90. The van der Waals surface area contributed by atoms with E-state index in [1.54, 1.807) is 21.3 Å². The molecule has 1 unspecified atom stereocenters. The number of hydrogen-bond acceptors (Lipinski definition) is 4. The molecule has 1 aromatic rings. The molecule has 0 spiro atoms. The van der Waals surface area contributed by atoms with Gasteiger partial charge in [0, 0.05) is 5.56 Å². The Labute approximate surface area is 107 Å². The molecule has 100 valence electrons. The number of aliphatic hydroxyl groups excluding tert-OH is 1. The minimum absolute atomic E-state index is 0.448. The molecule has 1 aliphatic carbocycles. The van der Waals surface area contributed by atoms with Crippen molar-refractivity contribution in [2.75, 3.05) is 21.3 Å². The summed E-state index contributed by atoms with van der Waals surface area (Å²) in [5.41, 5.74) is 1.95. The van der Waals surface area contributed by atoms with Crippen LogP contribution in [0.1, 0.15) is 36.5 Å². The lowest BCUT2D eigenvalue weighted by Gasteiger charge is -2.20. The summed E-state index contributed by atoms with van der Waals surface area (Å²) in [6.07, 6.45) is 3.30. The first-order valence-electron chi connectivity index (χ1n) is 6.22. The maximum absolute atomic E-state index is 10.2. The van der Waals surface area contributed by atoms with Crippen molar-refractivity contribution in [1.82, 2.24) is 0 Å². The highest BCUT2D eigenvalue weighted by Crippen LogP contribution is 2.45. The van der Waals surface area contributed by atoms with Gasteiger partial charge in [0.2, 0.25) is 5.75 Å². The Morgan fingerprint density at radius 3 is 2.39 bits per heavy atom. The first-order chi connectivity index (χ1) is 8.72. The maximum atomic E-state index is 10.2. The van der Waals surface area contributed by atoms with Crippen molar-refractivity contribution in [1.29, 1.82) is 0 Å². The van der Waals surface area contributed by atoms with Gasteiger partial charge in [-0.15, -0.1) is 0 Å². The SMILES string of the molecule is COc1cc2c(c(OC)c1OC)CCCCC2O. The van der Waals surface area contributed by atoms with Crippen molar-refractivity contribution >= 4 is 0 Å². The lowest BCUT2D eigenvalue weighted by molar-refractivity contribution is 0.165. The van der Waals surface area contributed by atoms with E-state index in [1.165, 1.54) is 0 Å². The largest absolute Gasteiger partial charge is 0.493 e. The summed E-state index contributed by atoms with van der Waals surface area (Å²) in [6.45, 7) is 0.